The number of hydrogen-bond donors (Lipinski definition) is 3. The van der Waals surface area contributed by atoms with Crippen molar-refractivity contribution in [1.29, 1.82) is 0 Å². The fourth-order valence-electron chi connectivity index (χ4n) is 11.0. The molecule has 0 aliphatic rings. The number of phosphoric acid groups is 2. The molecular weight excluding hydrogens is 1210 g/mol. The zero-order valence-electron chi connectivity index (χ0n) is 60.0. The summed E-state index contributed by atoms with van der Waals surface area (Å²) in [6.45, 7) is 11.9. The fourth-order valence-corrected chi connectivity index (χ4v) is 12.6. The van der Waals surface area contributed by atoms with Crippen molar-refractivity contribution in [3.63, 3.8) is 0 Å². The molecule has 0 radical (unpaired) electrons. The molecule has 0 aromatic rings. The van der Waals surface area contributed by atoms with Crippen LogP contribution in [0.3, 0.4) is 0 Å². The van der Waals surface area contributed by atoms with E-state index >= 15 is 0 Å². The molecule has 546 valence electrons. The normalized spacial score (nSPS) is 14.4. The molecule has 0 saturated heterocycles. The molecule has 0 heterocycles. The van der Waals surface area contributed by atoms with Gasteiger partial charge in [-0.15, -0.1) is 0 Å². The highest BCUT2D eigenvalue weighted by Gasteiger charge is 2.30. The van der Waals surface area contributed by atoms with E-state index in [0.717, 1.165) is 108 Å². The van der Waals surface area contributed by atoms with Crippen molar-refractivity contribution >= 4 is 39.5 Å². The van der Waals surface area contributed by atoms with Gasteiger partial charge in [-0.2, -0.15) is 0 Å². The van der Waals surface area contributed by atoms with Crippen molar-refractivity contribution in [1.82, 2.24) is 0 Å². The molecule has 0 rings (SSSR count). The molecule has 92 heavy (non-hydrogen) atoms. The third-order valence-electron chi connectivity index (χ3n) is 17.2. The minimum Gasteiger partial charge on any atom is -0.462 e. The highest BCUT2D eigenvalue weighted by molar-refractivity contribution is 7.47. The molecule has 0 bridgehead atoms. The number of ether oxygens (including phenoxy) is 4. The molecule has 0 aromatic carbocycles. The van der Waals surface area contributed by atoms with Crippen LogP contribution >= 0.6 is 15.6 Å². The lowest BCUT2D eigenvalue weighted by molar-refractivity contribution is -0.161. The Morgan fingerprint density at radius 2 is 0.554 bits per heavy atom. The number of hydrogen-bond acceptors (Lipinski definition) is 15. The predicted octanol–water partition coefficient (Wildman–Crippen LogP) is 21.0. The second-order valence-corrected chi connectivity index (χ2v) is 30.4. The monoisotopic (exact) mass is 1350 g/mol. The van der Waals surface area contributed by atoms with Crippen LogP contribution < -0.4 is 0 Å². The number of phosphoric ester groups is 2. The Labute approximate surface area is 562 Å². The SMILES string of the molecule is CCCCCCCCCCCCCC(=O)OC[C@H](COP(=O)(O)OC[C@H](O)COP(=O)(O)OC[C@@H](COC(=O)CCCCCCCCCCCCC(C)CC)OC(=O)CCCCCCCCCCCCCC(C)C)OC(=O)CCCCCCCCCCCCC(C)C. The van der Waals surface area contributed by atoms with Gasteiger partial charge in [0.25, 0.3) is 0 Å². The van der Waals surface area contributed by atoms with Crippen molar-refractivity contribution in [2.75, 3.05) is 39.6 Å². The fraction of sp³-hybridized carbons (Fsp3) is 0.945. The second kappa shape index (κ2) is 63.8. The number of aliphatic hydroxyl groups excluding tert-OH is 1. The van der Waals surface area contributed by atoms with Crippen LogP contribution in [0.2, 0.25) is 0 Å². The number of rotatable bonds is 71. The molecule has 0 fully saturated rings. The first-order valence-electron chi connectivity index (χ1n) is 37.9. The Hall–Kier alpha value is -1.94. The van der Waals surface area contributed by atoms with E-state index in [1.165, 1.54) is 180 Å². The van der Waals surface area contributed by atoms with Crippen molar-refractivity contribution in [2.24, 2.45) is 17.8 Å². The zero-order valence-corrected chi connectivity index (χ0v) is 61.8. The van der Waals surface area contributed by atoms with Gasteiger partial charge < -0.3 is 33.8 Å². The molecular formula is C73H142O17P2. The molecule has 0 aliphatic carbocycles. The summed E-state index contributed by atoms with van der Waals surface area (Å²) in [6.07, 6.45) is 48.3. The molecule has 19 heteroatoms. The van der Waals surface area contributed by atoms with Gasteiger partial charge in [0.2, 0.25) is 0 Å². The van der Waals surface area contributed by atoms with Crippen molar-refractivity contribution in [3.05, 3.63) is 0 Å². The lowest BCUT2D eigenvalue weighted by atomic mass is 9.99. The minimum atomic E-state index is -4.95. The third kappa shape index (κ3) is 65.4. The summed E-state index contributed by atoms with van der Waals surface area (Å²) in [7, 11) is -9.91. The maximum atomic E-state index is 13.1. The van der Waals surface area contributed by atoms with E-state index in [9.17, 15) is 43.2 Å². The van der Waals surface area contributed by atoms with Crippen LogP contribution in [0, 0.1) is 17.8 Å². The van der Waals surface area contributed by atoms with E-state index in [4.69, 9.17) is 37.0 Å². The molecule has 0 aromatic heterocycles. The first-order valence-corrected chi connectivity index (χ1v) is 40.9. The van der Waals surface area contributed by atoms with E-state index in [-0.39, 0.29) is 25.7 Å². The van der Waals surface area contributed by atoms with Gasteiger partial charge in [-0.1, -0.05) is 318 Å². The summed E-state index contributed by atoms with van der Waals surface area (Å²) in [5.74, 6) is 0.206. The van der Waals surface area contributed by atoms with Crippen LogP contribution in [-0.4, -0.2) is 96.7 Å². The largest absolute Gasteiger partial charge is 0.472 e. The van der Waals surface area contributed by atoms with E-state index < -0.39 is 97.5 Å². The van der Waals surface area contributed by atoms with E-state index in [0.29, 0.717) is 25.7 Å². The first kappa shape index (κ1) is 90.1. The molecule has 0 spiro atoms. The number of carbonyl (C=O) groups excluding carboxylic acids is 4. The van der Waals surface area contributed by atoms with E-state index in [1.54, 1.807) is 0 Å². The van der Waals surface area contributed by atoms with Crippen LogP contribution in [0.1, 0.15) is 370 Å². The standard InChI is InChI=1S/C73H142O17P2/c1-8-10-11-12-13-14-16-26-33-40-47-54-70(75)83-60-69(90-73(78)57-50-43-36-29-21-19-24-31-38-45-52-65(5)6)63-88-92(81,82)86-59-67(74)58-85-91(79,80)87-62-68(89-72(77)56-49-42-35-28-18-15-17-23-30-37-44-51-64(3)4)61-84-71(76)55-48-41-34-27-22-20-25-32-39-46-53-66(7)9-2/h64-69,74H,8-63H2,1-7H3,(H,79,80)(H,81,82)/t66?,67-,68-,69-/m1/s1. The molecule has 6 atom stereocenters. The third-order valence-corrected chi connectivity index (χ3v) is 19.1. The lowest BCUT2D eigenvalue weighted by Crippen LogP contribution is -2.30. The molecule has 0 saturated carbocycles. The highest BCUT2D eigenvalue weighted by Crippen LogP contribution is 2.45. The van der Waals surface area contributed by atoms with Crippen LogP contribution in [0.15, 0.2) is 0 Å². The summed E-state index contributed by atoms with van der Waals surface area (Å²) in [6, 6.07) is 0. The Bertz CT molecular complexity index is 1800. The molecule has 17 nitrogen and oxygen atoms in total. The summed E-state index contributed by atoms with van der Waals surface area (Å²) < 4.78 is 68.4. The predicted molar refractivity (Wildman–Crippen MR) is 372 cm³/mol. The van der Waals surface area contributed by atoms with Gasteiger partial charge in [0.1, 0.15) is 19.3 Å². The number of carbonyl (C=O) groups is 4. The number of aliphatic hydroxyl groups is 1. The quantitative estimate of drug-likeness (QED) is 0.0222. The average molecular weight is 1350 g/mol. The van der Waals surface area contributed by atoms with Gasteiger partial charge in [-0.05, 0) is 43.4 Å². The van der Waals surface area contributed by atoms with Crippen LogP contribution in [0.4, 0.5) is 0 Å². The zero-order chi connectivity index (χ0) is 68.0. The van der Waals surface area contributed by atoms with Gasteiger partial charge in [-0.3, -0.25) is 37.3 Å². The van der Waals surface area contributed by atoms with Crippen LogP contribution in [0.25, 0.3) is 0 Å². The molecule has 0 amide bonds. The second-order valence-electron chi connectivity index (χ2n) is 27.5. The number of esters is 4. The number of unbranched alkanes of at least 4 members (excludes halogenated alkanes) is 38. The van der Waals surface area contributed by atoms with Crippen molar-refractivity contribution in [2.45, 2.75) is 388 Å². The highest BCUT2D eigenvalue weighted by atomic mass is 31.2. The molecule has 3 unspecified atom stereocenters. The molecule has 3 N–H and O–H groups in total. The van der Waals surface area contributed by atoms with Crippen molar-refractivity contribution < 1.29 is 80.2 Å². The van der Waals surface area contributed by atoms with Gasteiger partial charge in [0, 0.05) is 25.7 Å². The summed E-state index contributed by atoms with van der Waals surface area (Å²) >= 11 is 0. The summed E-state index contributed by atoms with van der Waals surface area (Å²) in [4.78, 5) is 72.7. The van der Waals surface area contributed by atoms with E-state index in [1.807, 2.05) is 0 Å². The first-order chi connectivity index (χ1) is 44.3. The Kier molecular flexibility index (Phi) is 62.4. The summed E-state index contributed by atoms with van der Waals surface area (Å²) in [5.41, 5.74) is 0. The van der Waals surface area contributed by atoms with Gasteiger partial charge in [0.05, 0.1) is 26.4 Å². The Morgan fingerprint density at radius 1 is 0.315 bits per heavy atom. The minimum absolute atomic E-state index is 0.106. The van der Waals surface area contributed by atoms with Crippen LogP contribution in [-0.2, 0) is 65.4 Å². The van der Waals surface area contributed by atoms with Gasteiger partial charge in [-0.25, -0.2) is 9.13 Å². The van der Waals surface area contributed by atoms with Crippen molar-refractivity contribution in [3.8, 4) is 0 Å². The Morgan fingerprint density at radius 3 is 0.826 bits per heavy atom. The topological polar surface area (TPSA) is 237 Å². The van der Waals surface area contributed by atoms with Gasteiger partial charge in [0.15, 0.2) is 12.2 Å². The maximum Gasteiger partial charge on any atom is 0.472 e. The molecule has 0 aliphatic heterocycles. The lowest BCUT2D eigenvalue weighted by Gasteiger charge is -2.21. The summed E-state index contributed by atoms with van der Waals surface area (Å²) in [5, 5.41) is 10.6. The van der Waals surface area contributed by atoms with E-state index in [2.05, 4.69) is 48.5 Å². The van der Waals surface area contributed by atoms with Crippen LogP contribution in [0.5, 0.6) is 0 Å². The Balaban J connectivity index is 5.27. The maximum absolute atomic E-state index is 13.1. The van der Waals surface area contributed by atoms with Gasteiger partial charge >= 0.3 is 39.5 Å². The smallest absolute Gasteiger partial charge is 0.462 e. The average Bonchev–Trinajstić information content (AvgIpc) is 1.69.